The van der Waals surface area contributed by atoms with Crippen molar-refractivity contribution in [1.29, 1.82) is 0 Å². The number of Topliss-reactive ketones (excluding diaryl/α,β-unsaturated/α-hetero) is 1. The summed E-state index contributed by atoms with van der Waals surface area (Å²) in [5.74, 6) is 0.285. The van der Waals surface area contributed by atoms with Gasteiger partial charge in [0.2, 0.25) is 0 Å². The lowest BCUT2D eigenvalue weighted by atomic mass is 9.94. The van der Waals surface area contributed by atoms with E-state index in [0.717, 1.165) is 28.9 Å². The Hall–Kier alpha value is -4.37. The van der Waals surface area contributed by atoms with Crippen molar-refractivity contribution in [2.24, 2.45) is 0 Å². The van der Waals surface area contributed by atoms with Crippen LogP contribution >= 0.6 is 11.3 Å². The molecule has 0 aliphatic carbocycles. The molecule has 1 N–H and O–H groups in total. The summed E-state index contributed by atoms with van der Waals surface area (Å²) in [6, 6.07) is 17.2. The van der Waals surface area contributed by atoms with Crippen LogP contribution in [0.5, 0.6) is 17.2 Å². The third kappa shape index (κ3) is 4.91. The molecule has 6 rings (SSSR count). The number of amides is 1. The summed E-state index contributed by atoms with van der Waals surface area (Å²) in [6.07, 6.45) is 2.62. The van der Waals surface area contributed by atoms with E-state index in [1.807, 2.05) is 49.4 Å². The number of hydrogen-bond acceptors (Lipinski definition) is 8. The molecule has 4 aromatic rings. The average Bonchev–Trinajstić information content (AvgIpc) is 3.64. The van der Waals surface area contributed by atoms with Crippen molar-refractivity contribution in [2.75, 3.05) is 18.6 Å². The van der Waals surface area contributed by atoms with Crippen LogP contribution in [0, 0.1) is 0 Å². The second-order valence-electron chi connectivity index (χ2n) is 10.2. The maximum atomic E-state index is 13.7. The number of rotatable bonds is 8. The predicted molar refractivity (Wildman–Crippen MR) is 158 cm³/mol. The number of ketones is 1. The van der Waals surface area contributed by atoms with E-state index < -0.39 is 17.7 Å². The van der Waals surface area contributed by atoms with E-state index in [1.165, 1.54) is 16.2 Å². The molecule has 0 bridgehead atoms. The van der Waals surface area contributed by atoms with Crippen molar-refractivity contribution < 1.29 is 28.9 Å². The van der Waals surface area contributed by atoms with Crippen LogP contribution in [0.25, 0.3) is 16.0 Å². The Bertz CT molecular complexity index is 1690. The van der Waals surface area contributed by atoms with Crippen LogP contribution in [0.4, 0.5) is 5.13 Å². The van der Waals surface area contributed by atoms with Crippen LogP contribution in [0.3, 0.4) is 0 Å². The Morgan fingerprint density at radius 2 is 1.98 bits per heavy atom. The first kappa shape index (κ1) is 26.8. The molecule has 9 heteroatoms. The summed E-state index contributed by atoms with van der Waals surface area (Å²) in [5.41, 5.74) is 2.71. The van der Waals surface area contributed by atoms with Gasteiger partial charge < -0.3 is 19.3 Å². The number of methoxy groups -OCH3 is 1. The molecule has 3 heterocycles. The molecular formula is C32H30N2O6S. The highest BCUT2D eigenvalue weighted by molar-refractivity contribution is 7.22. The van der Waals surface area contributed by atoms with Gasteiger partial charge in [-0.25, -0.2) is 4.98 Å². The molecule has 8 nitrogen and oxygen atoms in total. The lowest BCUT2D eigenvalue weighted by Gasteiger charge is -2.23. The number of hydrogen-bond donors (Lipinski definition) is 1. The highest BCUT2D eigenvalue weighted by atomic mass is 32.1. The van der Waals surface area contributed by atoms with Gasteiger partial charge in [-0.05, 0) is 73.0 Å². The van der Waals surface area contributed by atoms with Crippen molar-refractivity contribution >= 4 is 44.1 Å². The summed E-state index contributed by atoms with van der Waals surface area (Å²) < 4.78 is 17.9. The Morgan fingerprint density at radius 1 is 1.12 bits per heavy atom. The fourth-order valence-electron chi connectivity index (χ4n) is 5.30. The van der Waals surface area contributed by atoms with Gasteiger partial charge in [0.25, 0.3) is 5.78 Å². The number of aliphatic hydroxyl groups excluding tert-OH is 1. The Morgan fingerprint density at radius 3 is 2.78 bits per heavy atom. The van der Waals surface area contributed by atoms with Gasteiger partial charge in [-0.15, -0.1) is 0 Å². The molecule has 0 spiro atoms. The van der Waals surface area contributed by atoms with Gasteiger partial charge in [-0.3, -0.25) is 14.5 Å². The number of aliphatic hydroxyl groups is 1. The SMILES string of the molecule is CCCCOc1cccc([C@@H]2C(=C(O)c3ccc4c(c3)C[C@@H](C)O4)C(=O)C(=O)N2c2nc3ccc(OC)cc3s2)c1. The smallest absolute Gasteiger partial charge is 0.301 e. The molecule has 3 aromatic carbocycles. The number of fused-ring (bicyclic) bond motifs is 2. The van der Waals surface area contributed by atoms with Gasteiger partial charge in [0.05, 0.1) is 35.5 Å². The topological polar surface area (TPSA) is 98.2 Å². The van der Waals surface area contributed by atoms with Gasteiger partial charge in [0.15, 0.2) is 5.13 Å². The minimum atomic E-state index is -0.907. The molecule has 1 fully saturated rings. The molecule has 0 unspecified atom stereocenters. The Kier molecular flexibility index (Phi) is 7.13. The molecule has 2 atom stereocenters. The van der Waals surface area contributed by atoms with Crippen LogP contribution in [0.2, 0.25) is 0 Å². The molecule has 0 saturated carbocycles. The lowest BCUT2D eigenvalue weighted by molar-refractivity contribution is -0.132. The minimum absolute atomic E-state index is 0.00413. The van der Waals surface area contributed by atoms with E-state index in [1.54, 1.807) is 25.3 Å². The Balaban J connectivity index is 1.49. The molecule has 1 aromatic heterocycles. The highest BCUT2D eigenvalue weighted by Crippen LogP contribution is 2.45. The summed E-state index contributed by atoms with van der Waals surface area (Å²) in [4.78, 5) is 33.4. The number of ether oxygens (including phenoxy) is 3. The van der Waals surface area contributed by atoms with Crippen molar-refractivity contribution in [2.45, 2.75) is 45.3 Å². The quantitative estimate of drug-likeness (QED) is 0.113. The number of thiazole rings is 1. The van der Waals surface area contributed by atoms with Crippen LogP contribution < -0.4 is 19.1 Å². The Labute approximate surface area is 241 Å². The number of benzene rings is 3. The molecule has 1 saturated heterocycles. The van der Waals surface area contributed by atoms with Crippen LogP contribution in [0.15, 0.2) is 66.2 Å². The number of carbonyl (C=O) groups excluding carboxylic acids is 2. The monoisotopic (exact) mass is 570 g/mol. The molecule has 2 aliphatic heterocycles. The third-order valence-corrected chi connectivity index (χ3v) is 8.36. The van der Waals surface area contributed by atoms with Crippen LogP contribution in [-0.4, -0.2) is 41.6 Å². The molecule has 1 amide bonds. The van der Waals surface area contributed by atoms with Crippen molar-refractivity contribution in [3.05, 3.63) is 82.9 Å². The number of carbonyl (C=O) groups is 2. The number of anilines is 1. The van der Waals surface area contributed by atoms with E-state index in [4.69, 9.17) is 19.2 Å². The van der Waals surface area contributed by atoms with E-state index in [0.29, 0.717) is 46.3 Å². The van der Waals surface area contributed by atoms with Gasteiger partial charge in [-0.2, -0.15) is 0 Å². The van der Waals surface area contributed by atoms with Crippen molar-refractivity contribution in [1.82, 2.24) is 4.98 Å². The van der Waals surface area contributed by atoms with E-state index in [2.05, 4.69) is 6.92 Å². The standard InChI is InChI=1S/C32H30N2O6S/c1-4-5-13-39-23-8-6-7-19(16-23)28-27(29(35)20-9-12-25-21(15-20)14-18(2)40-25)30(36)31(37)34(28)32-33-24-11-10-22(38-3)17-26(24)41-32/h6-12,15-18,28,35H,4-5,13-14H2,1-3H3/t18-,28-/m1/s1. The summed E-state index contributed by atoms with van der Waals surface area (Å²) in [7, 11) is 1.59. The van der Waals surface area contributed by atoms with Crippen LogP contribution in [-0.2, 0) is 16.0 Å². The normalized spacial score (nSPS) is 19.4. The van der Waals surface area contributed by atoms with Gasteiger partial charge in [0, 0.05) is 12.0 Å². The zero-order valence-corrected chi connectivity index (χ0v) is 23.9. The second kappa shape index (κ2) is 10.9. The first-order valence-corrected chi connectivity index (χ1v) is 14.5. The fraction of sp³-hybridized carbons (Fsp3) is 0.281. The number of aromatic nitrogens is 1. The van der Waals surface area contributed by atoms with E-state index in [-0.39, 0.29) is 17.4 Å². The van der Waals surface area contributed by atoms with Crippen LogP contribution in [0.1, 0.15) is 49.4 Å². The fourth-order valence-corrected chi connectivity index (χ4v) is 6.32. The molecule has 2 aliphatic rings. The maximum Gasteiger partial charge on any atom is 0.301 e. The zero-order chi connectivity index (χ0) is 28.7. The van der Waals surface area contributed by atoms with Gasteiger partial charge in [-0.1, -0.05) is 36.8 Å². The van der Waals surface area contributed by atoms with Crippen molar-refractivity contribution in [3.8, 4) is 17.2 Å². The largest absolute Gasteiger partial charge is 0.507 e. The molecule has 0 radical (unpaired) electrons. The summed E-state index contributed by atoms with van der Waals surface area (Å²) >= 11 is 1.29. The maximum absolute atomic E-state index is 13.7. The second-order valence-corrected chi connectivity index (χ2v) is 11.2. The number of unbranched alkanes of at least 4 members (excludes halogenated alkanes) is 1. The lowest BCUT2D eigenvalue weighted by Crippen LogP contribution is -2.29. The zero-order valence-electron chi connectivity index (χ0n) is 23.0. The van der Waals surface area contributed by atoms with Crippen molar-refractivity contribution in [3.63, 3.8) is 0 Å². The predicted octanol–water partition coefficient (Wildman–Crippen LogP) is 6.43. The number of nitrogens with zero attached hydrogens (tertiary/aromatic N) is 2. The average molecular weight is 571 g/mol. The molecule has 41 heavy (non-hydrogen) atoms. The summed E-state index contributed by atoms with van der Waals surface area (Å²) in [6.45, 7) is 4.62. The first-order valence-electron chi connectivity index (χ1n) is 13.7. The molecular weight excluding hydrogens is 540 g/mol. The van der Waals surface area contributed by atoms with E-state index >= 15 is 0 Å². The van der Waals surface area contributed by atoms with E-state index in [9.17, 15) is 14.7 Å². The highest BCUT2D eigenvalue weighted by Gasteiger charge is 2.48. The third-order valence-electron chi connectivity index (χ3n) is 7.34. The first-order chi connectivity index (χ1) is 19.9. The van der Waals surface area contributed by atoms with Gasteiger partial charge >= 0.3 is 5.91 Å². The summed E-state index contributed by atoms with van der Waals surface area (Å²) in [5, 5.41) is 12.0. The van der Waals surface area contributed by atoms with Gasteiger partial charge in [0.1, 0.15) is 29.1 Å². The molecule has 210 valence electrons. The minimum Gasteiger partial charge on any atom is -0.507 e.